The Balaban J connectivity index is 2.57. The molecule has 1 amide bonds. The Hall–Kier alpha value is -1.55. The minimum Gasteiger partial charge on any atom is -0.483 e. The molecule has 19 heavy (non-hydrogen) atoms. The number of ether oxygens (including phenoxy) is 1. The number of nitrogens with two attached hydrogens (primary N) is 1. The van der Waals surface area contributed by atoms with Crippen molar-refractivity contribution < 1.29 is 9.53 Å². The van der Waals surface area contributed by atoms with Crippen LogP contribution >= 0.6 is 0 Å². The molecule has 0 aromatic heterocycles. The van der Waals surface area contributed by atoms with Gasteiger partial charge in [0.05, 0.1) is 0 Å². The third-order valence-electron chi connectivity index (χ3n) is 2.86. The summed E-state index contributed by atoms with van der Waals surface area (Å²) < 4.78 is 5.58. The Labute approximate surface area is 115 Å². The summed E-state index contributed by atoms with van der Waals surface area (Å²) in [6.07, 6.45) is 0. The summed E-state index contributed by atoms with van der Waals surface area (Å²) in [5.41, 5.74) is 6.55. The van der Waals surface area contributed by atoms with Crippen LogP contribution in [0.1, 0.15) is 26.3 Å². The molecule has 0 spiro atoms. The highest BCUT2D eigenvalue weighted by molar-refractivity contribution is 5.77. The van der Waals surface area contributed by atoms with Gasteiger partial charge in [0.2, 0.25) is 0 Å². The number of amides is 1. The molecular formula is C15H24N2O2. The number of para-hydroxylation sites is 1. The molecule has 0 heterocycles. The van der Waals surface area contributed by atoms with Gasteiger partial charge in [-0.05, 0) is 18.9 Å². The van der Waals surface area contributed by atoms with Crippen LogP contribution in [-0.2, 0) is 11.3 Å². The highest BCUT2D eigenvalue weighted by Crippen LogP contribution is 2.17. The second-order valence-corrected chi connectivity index (χ2v) is 4.93. The van der Waals surface area contributed by atoms with E-state index in [0.29, 0.717) is 24.8 Å². The number of carbonyl (C=O) groups is 1. The summed E-state index contributed by atoms with van der Waals surface area (Å²) in [6, 6.07) is 7.54. The van der Waals surface area contributed by atoms with Crippen LogP contribution < -0.4 is 10.5 Å². The number of hydrogen-bond acceptors (Lipinski definition) is 3. The summed E-state index contributed by atoms with van der Waals surface area (Å²) in [7, 11) is 0. The van der Waals surface area contributed by atoms with Crippen molar-refractivity contribution in [3.8, 4) is 5.75 Å². The maximum Gasteiger partial charge on any atom is 0.260 e. The van der Waals surface area contributed by atoms with Crippen LogP contribution in [0, 0.1) is 5.92 Å². The Bertz CT molecular complexity index is 405. The molecule has 106 valence electrons. The van der Waals surface area contributed by atoms with Crippen molar-refractivity contribution in [3.63, 3.8) is 0 Å². The van der Waals surface area contributed by atoms with E-state index in [2.05, 4.69) is 13.8 Å². The van der Waals surface area contributed by atoms with Gasteiger partial charge in [0, 0.05) is 25.2 Å². The number of benzene rings is 1. The maximum atomic E-state index is 12.1. The fourth-order valence-electron chi connectivity index (χ4n) is 1.89. The number of likely N-dealkylation sites (N-methyl/N-ethyl adjacent to an activating group) is 1. The van der Waals surface area contributed by atoms with Crippen molar-refractivity contribution in [2.75, 3.05) is 19.7 Å². The van der Waals surface area contributed by atoms with Crippen LogP contribution in [0.5, 0.6) is 5.75 Å². The maximum absolute atomic E-state index is 12.1. The molecule has 0 saturated heterocycles. The average Bonchev–Trinajstić information content (AvgIpc) is 2.42. The zero-order chi connectivity index (χ0) is 14.3. The first kappa shape index (κ1) is 15.5. The molecule has 0 atom stereocenters. The minimum absolute atomic E-state index is 0.0167. The zero-order valence-corrected chi connectivity index (χ0v) is 12.1. The standard InChI is InChI=1S/C15H24N2O2/c1-4-17(10-12(2)3)15(18)11-19-14-8-6-5-7-13(14)9-16/h5-8,12H,4,9-11,16H2,1-3H3. The number of hydrogen-bond donors (Lipinski definition) is 1. The second-order valence-electron chi connectivity index (χ2n) is 4.93. The van der Waals surface area contributed by atoms with E-state index in [1.165, 1.54) is 0 Å². The van der Waals surface area contributed by atoms with Crippen molar-refractivity contribution in [2.24, 2.45) is 11.7 Å². The number of nitrogens with zero attached hydrogens (tertiary/aromatic N) is 1. The molecule has 0 bridgehead atoms. The molecule has 1 aromatic rings. The van der Waals surface area contributed by atoms with Gasteiger partial charge in [0.25, 0.3) is 5.91 Å². The summed E-state index contributed by atoms with van der Waals surface area (Å²) >= 11 is 0. The van der Waals surface area contributed by atoms with E-state index in [9.17, 15) is 4.79 Å². The third-order valence-corrected chi connectivity index (χ3v) is 2.86. The van der Waals surface area contributed by atoms with Crippen LogP contribution in [0.2, 0.25) is 0 Å². The summed E-state index contributed by atoms with van der Waals surface area (Å²) in [5.74, 6) is 1.17. The van der Waals surface area contributed by atoms with Crippen LogP contribution in [0.3, 0.4) is 0 Å². The highest BCUT2D eigenvalue weighted by Gasteiger charge is 2.14. The van der Waals surface area contributed by atoms with Gasteiger partial charge in [0.15, 0.2) is 6.61 Å². The predicted octanol–water partition coefficient (Wildman–Crippen LogP) is 2.03. The van der Waals surface area contributed by atoms with Crippen LogP contribution in [0.4, 0.5) is 0 Å². The molecule has 0 unspecified atom stereocenters. The van der Waals surface area contributed by atoms with Gasteiger partial charge in [-0.1, -0.05) is 32.0 Å². The summed E-state index contributed by atoms with van der Waals surface area (Å²) in [5, 5.41) is 0. The van der Waals surface area contributed by atoms with Crippen molar-refractivity contribution in [1.82, 2.24) is 4.90 Å². The van der Waals surface area contributed by atoms with Gasteiger partial charge in [-0.15, -0.1) is 0 Å². The van der Waals surface area contributed by atoms with Crippen LogP contribution in [0.15, 0.2) is 24.3 Å². The van der Waals surface area contributed by atoms with Crippen LogP contribution in [-0.4, -0.2) is 30.5 Å². The first-order chi connectivity index (χ1) is 9.08. The van der Waals surface area contributed by atoms with Crippen molar-refractivity contribution >= 4 is 5.91 Å². The highest BCUT2D eigenvalue weighted by atomic mass is 16.5. The van der Waals surface area contributed by atoms with Gasteiger partial charge >= 0.3 is 0 Å². The first-order valence-electron chi connectivity index (χ1n) is 6.77. The predicted molar refractivity (Wildman–Crippen MR) is 76.9 cm³/mol. The molecule has 0 fully saturated rings. The molecule has 0 aliphatic heterocycles. The lowest BCUT2D eigenvalue weighted by Crippen LogP contribution is -2.37. The lowest BCUT2D eigenvalue weighted by Gasteiger charge is -2.23. The van der Waals surface area contributed by atoms with E-state index in [0.717, 1.165) is 12.1 Å². The average molecular weight is 264 g/mol. The van der Waals surface area contributed by atoms with E-state index >= 15 is 0 Å². The molecule has 1 rings (SSSR count). The van der Waals surface area contributed by atoms with Gasteiger partial charge in [-0.3, -0.25) is 4.79 Å². The minimum atomic E-state index is 0.0167. The van der Waals surface area contributed by atoms with E-state index in [1.54, 1.807) is 0 Å². The third kappa shape index (κ3) is 4.91. The Morgan fingerprint density at radius 3 is 2.63 bits per heavy atom. The number of carbonyl (C=O) groups excluding carboxylic acids is 1. The fraction of sp³-hybridized carbons (Fsp3) is 0.533. The molecule has 4 heteroatoms. The summed E-state index contributed by atoms with van der Waals surface area (Å²) in [6.45, 7) is 8.12. The van der Waals surface area contributed by atoms with Crippen LogP contribution in [0.25, 0.3) is 0 Å². The van der Waals surface area contributed by atoms with E-state index < -0.39 is 0 Å². The van der Waals surface area contributed by atoms with Gasteiger partial charge < -0.3 is 15.4 Å². The van der Waals surface area contributed by atoms with Gasteiger partial charge in [0.1, 0.15) is 5.75 Å². The van der Waals surface area contributed by atoms with Crippen molar-refractivity contribution in [3.05, 3.63) is 29.8 Å². The number of rotatable bonds is 7. The molecule has 0 saturated carbocycles. The lowest BCUT2D eigenvalue weighted by atomic mass is 10.2. The molecule has 1 aromatic carbocycles. The molecule has 4 nitrogen and oxygen atoms in total. The Morgan fingerprint density at radius 1 is 1.37 bits per heavy atom. The smallest absolute Gasteiger partial charge is 0.260 e. The normalized spacial score (nSPS) is 10.6. The molecule has 2 N–H and O–H groups in total. The molecule has 0 aliphatic carbocycles. The quantitative estimate of drug-likeness (QED) is 0.820. The molecular weight excluding hydrogens is 240 g/mol. The SMILES string of the molecule is CCN(CC(C)C)C(=O)COc1ccccc1CN. The topological polar surface area (TPSA) is 55.6 Å². The van der Waals surface area contributed by atoms with E-state index in [4.69, 9.17) is 10.5 Å². The van der Waals surface area contributed by atoms with E-state index in [1.807, 2.05) is 36.1 Å². The van der Waals surface area contributed by atoms with Crippen molar-refractivity contribution in [2.45, 2.75) is 27.3 Å². The largest absolute Gasteiger partial charge is 0.483 e. The summed E-state index contributed by atoms with van der Waals surface area (Å²) in [4.78, 5) is 13.9. The van der Waals surface area contributed by atoms with Gasteiger partial charge in [-0.2, -0.15) is 0 Å². The Morgan fingerprint density at radius 2 is 2.05 bits per heavy atom. The lowest BCUT2D eigenvalue weighted by molar-refractivity contribution is -0.133. The second kappa shape index (κ2) is 7.79. The monoisotopic (exact) mass is 264 g/mol. The zero-order valence-electron chi connectivity index (χ0n) is 12.1. The van der Waals surface area contributed by atoms with E-state index in [-0.39, 0.29) is 12.5 Å². The van der Waals surface area contributed by atoms with Crippen molar-refractivity contribution in [1.29, 1.82) is 0 Å². The fourth-order valence-corrected chi connectivity index (χ4v) is 1.89. The Kier molecular flexibility index (Phi) is 6.36. The van der Waals surface area contributed by atoms with Gasteiger partial charge in [-0.25, -0.2) is 0 Å². The molecule has 0 radical (unpaired) electrons. The molecule has 0 aliphatic rings. The first-order valence-corrected chi connectivity index (χ1v) is 6.77.